The zero-order chi connectivity index (χ0) is 8.97. The summed E-state index contributed by atoms with van der Waals surface area (Å²) in [6, 6.07) is 8.87. The van der Waals surface area contributed by atoms with E-state index in [2.05, 4.69) is 19.9 Å². The van der Waals surface area contributed by atoms with Gasteiger partial charge in [0.15, 0.2) is 0 Å². The highest BCUT2D eigenvalue weighted by atomic mass is 16.5. The van der Waals surface area contributed by atoms with Crippen molar-refractivity contribution in [3.05, 3.63) is 29.8 Å². The van der Waals surface area contributed by atoms with Crippen LogP contribution in [0.2, 0.25) is 0 Å². The largest absolute Gasteiger partial charge is 0.493 e. The standard InChI is InChI=1S/C11H15O/c1-9(2)8-12-11-6-4-5-10(3)7-11/h5-7,9H,8H2,1-3H3. The maximum atomic E-state index is 5.52. The predicted molar refractivity (Wildman–Crippen MR) is 50.3 cm³/mol. The summed E-state index contributed by atoms with van der Waals surface area (Å²) in [5.41, 5.74) is 1.19. The molecular weight excluding hydrogens is 148 g/mol. The van der Waals surface area contributed by atoms with Gasteiger partial charge in [-0.1, -0.05) is 19.9 Å². The summed E-state index contributed by atoms with van der Waals surface area (Å²) in [6.45, 7) is 7.09. The predicted octanol–water partition coefficient (Wildman–Crippen LogP) is 2.83. The van der Waals surface area contributed by atoms with E-state index in [0.717, 1.165) is 12.4 Å². The molecule has 0 aromatic heterocycles. The average molecular weight is 163 g/mol. The van der Waals surface area contributed by atoms with Gasteiger partial charge in [-0.25, -0.2) is 0 Å². The maximum absolute atomic E-state index is 5.52. The Morgan fingerprint density at radius 1 is 1.42 bits per heavy atom. The lowest BCUT2D eigenvalue weighted by molar-refractivity contribution is 0.271. The van der Waals surface area contributed by atoms with E-state index in [1.165, 1.54) is 5.56 Å². The molecule has 0 atom stereocenters. The number of hydrogen-bond donors (Lipinski definition) is 0. The Hall–Kier alpha value is -0.980. The van der Waals surface area contributed by atoms with Crippen LogP contribution in [0, 0.1) is 18.9 Å². The van der Waals surface area contributed by atoms with Gasteiger partial charge in [0.05, 0.1) is 6.61 Å². The van der Waals surface area contributed by atoms with E-state index < -0.39 is 0 Å². The van der Waals surface area contributed by atoms with Gasteiger partial charge >= 0.3 is 0 Å². The van der Waals surface area contributed by atoms with E-state index in [0.29, 0.717) is 5.92 Å². The SMILES string of the molecule is Cc1c[c]cc(OCC(C)C)c1. The third kappa shape index (κ3) is 2.95. The van der Waals surface area contributed by atoms with Crippen molar-refractivity contribution in [2.75, 3.05) is 6.61 Å². The summed E-state index contributed by atoms with van der Waals surface area (Å²) in [7, 11) is 0. The molecule has 1 aromatic carbocycles. The highest BCUT2D eigenvalue weighted by molar-refractivity contribution is 5.26. The van der Waals surface area contributed by atoms with E-state index >= 15 is 0 Å². The summed E-state index contributed by atoms with van der Waals surface area (Å²) < 4.78 is 5.52. The zero-order valence-electron chi connectivity index (χ0n) is 7.92. The van der Waals surface area contributed by atoms with Gasteiger partial charge in [0.1, 0.15) is 5.75 Å². The molecule has 0 unspecified atom stereocenters. The van der Waals surface area contributed by atoms with Crippen LogP contribution in [0.25, 0.3) is 0 Å². The molecule has 0 aliphatic heterocycles. The van der Waals surface area contributed by atoms with Crippen molar-refractivity contribution >= 4 is 0 Å². The Kier molecular flexibility index (Phi) is 3.15. The molecule has 0 saturated carbocycles. The summed E-state index contributed by atoms with van der Waals surface area (Å²) in [5.74, 6) is 1.49. The number of aryl methyl sites for hydroxylation is 1. The second-order valence-corrected chi connectivity index (χ2v) is 3.45. The molecule has 12 heavy (non-hydrogen) atoms. The van der Waals surface area contributed by atoms with Gasteiger partial charge in [-0.05, 0) is 36.6 Å². The minimum Gasteiger partial charge on any atom is -0.493 e. The van der Waals surface area contributed by atoms with Crippen molar-refractivity contribution in [3.8, 4) is 5.75 Å². The monoisotopic (exact) mass is 163 g/mol. The van der Waals surface area contributed by atoms with Crippen molar-refractivity contribution in [3.63, 3.8) is 0 Å². The first-order valence-electron chi connectivity index (χ1n) is 4.29. The van der Waals surface area contributed by atoms with Crippen LogP contribution in [-0.4, -0.2) is 6.61 Å². The third-order valence-corrected chi connectivity index (χ3v) is 1.49. The second-order valence-electron chi connectivity index (χ2n) is 3.45. The molecule has 0 aliphatic carbocycles. The van der Waals surface area contributed by atoms with Crippen LogP contribution in [0.3, 0.4) is 0 Å². The molecule has 0 N–H and O–H groups in total. The Bertz CT molecular complexity index is 241. The third-order valence-electron chi connectivity index (χ3n) is 1.49. The molecule has 1 nitrogen and oxygen atoms in total. The average Bonchev–Trinajstić information content (AvgIpc) is 2.01. The smallest absolute Gasteiger partial charge is 0.120 e. The second kappa shape index (κ2) is 4.15. The number of hydrogen-bond acceptors (Lipinski definition) is 1. The fourth-order valence-corrected chi connectivity index (χ4v) is 0.909. The van der Waals surface area contributed by atoms with Crippen LogP contribution in [0.1, 0.15) is 19.4 Å². The van der Waals surface area contributed by atoms with Gasteiger partial charge in [0.25, 0.3) is 0 Å². The Morgan fingerprint density at radius 2 is 2.17 bits per heavy atom. The first kappa shape index (κ1) is 9.11. The van der Waals surface area contributed by atoms with E-state index in [9.17, 15) is 0 Å². The van der Waals surface area contributed by atoms with Crippen LogP contribution < -0.4 is 4.74 Å². The first-order valence-corrected chi connectivity index (χ1v) is 4.29. The molecule has 0 fully saturated rings. The Labute approximate surface area is 74.4 Å². The van der Waals surface area contributed by atoms with Crippen LogP contribution >= 0.6 is 0 Å². The van der Waals surface area contributed by atoms with E-state index in [4.69, 9.17) is 4.74 Å². The summed E-state index contributed by atoms with van der Waals surface area (Å²) in [6.07, 6.45) is 0. The van der Waals surface area contributed by atoms with Crippen LogP contribution in [0.5, 0.6) is 5.75 Å². The maximum Gasteiger partial charge on any atom is 0.120 e. The molecule has 0 aliphatic rings. The molecule has 65 valence electrons. The van der Waals surface area contributed by atoms with Crippen LogP contribution in [0.15, 0.2) is 18.2 Å². The zero-order valence-corrected chi connectivity index (χ0v) is 7.92. The fourth-order valence-electron chi connectivity index (χ4n) is 0.909. The fraction of sp³-hybridized carbons (Fsp3) is 0.455. The lowest BCUT2D eigenvalue weighted by Crippen LogP contribution is -2.04. The van der Waals surface area contributed by atoms with Crippen molar-refractivity contribution in [2.24, 2.45) is 5.92 Å². The molecule has 0 spiro atoms. The van der Waals surface area contributed by atoms with E-state index in [-0.39, 0.29) is 0 Å². The van der Waals surface area contributed by atoms with Gasteiger partial charge in [-0.3, -0.25) is 0 Å². The molecule has 0 heterocycles. The van der Waals surface area contributed by atoms with Crippen molar-refractivity contribution in [2.45, 2.75) is 20.8 Å². The molecule has 0 amide bonds. The van der Waals surface area contributed by atoms with Crippen LogP contribution in [0.4, 0.5) is 0 Å². The summed E-state index contributed by atoms with van der Waals surface area (Å²) >= 11 is 0. The molecule has 1 rings (SSSR count). The Morgan fingerprint density at radius 3 is 2.75 bits per heavy atom. The van der Waals surface area contributed by atoms with Gasteiger partial charge < -0.3 is 4.74 Å². The van der Waals surface area contributed by atoms with Crippen molar-refractivity contribution < 1.29 is 4.74 Å². The van der Waals surface area contributed by atoms with Gasteiger partial charge in [-0.2, -0.15) is 0 Å². The quantitative estimate of drug-likeness (QED) is 0.665. The first-order chi connectivity index (χ1) is 5.68. The number of benzene rings is 1. The Balaban J connectivity index is 2.52. The molecule has 1 heteroatoms. The molecule has 0 saturated heterocycles. The van der Waals surface area contributed by atoms with Gasteiger partial charge in [-0.15, -0.1) is 0 Å². The molecule has 0 bridgehead atoms. The van der Waals surface area contributed by atoms with E-state index in [1.807, 2.05) is 25.1 Å². The van der Waals surface area contributed by atoms with E-state index in [1.54, 1.807) is 0 Å². The lowest BCUT2D eigenvalue weighted by atomic mass is 10.2. The van der Waals surface area contributed by atoms with Crippen molar-refractivity contribution in [1.82, 2.24) is 0 Å². The van der Waals surface area contributed by atoms with Gasteiger partial charge in [0, 0.05) is 0 Å². The summed E-state index contributed by atoms with van der Waals surface area (Å²) in [4.78, 5) is 0. The minimum absolute atomic E-state index is 0.575. The topological polar surface area (TPSA) is 9.23 Å². The number of ether oxygens (including phenoxy) is 1. The lowest BCUT2D eigenvalue weighted by Gasteiger charge is -2.08. The highest BCUT2D eigenvalue weighted by Crippen LogP contribution is 2.12. The molecular formula is C11H15O. The molecule has 1 radical (unpaired) electrons. The normalized spacial score (nSPS) is 10.3. The van der Waals surface area contributed by atoms with Crippen LogP contribution in [-0.2, 0) is 0 Å². The van der Waals surface area contributed by atoms with Crippen molar-refractivity contribution in [1.29, 1.82) is 0 Å². The van der Waals surface area contributed by atoms with Gasteiger partial charge in [0.2, 0.25) is 0 Å². The minimum atomic E-state index is 0.575. The highest BCUT2D eigenvalue weighted by Gasteiger charge is 1.96. The number of rotatable bonds is 3. The molecule has 1 aromatic rings. The summed E-state index contributed by atoms with van der Waals surface area (Å²) in [5, 5.41) is 0.